The number of aliphatic carboxylic acids is 1. The second-order valence-corrected chi connectivity index (χ2v) is 14.5. The summed E-state index contributed by atoms with van der Waals surface area (Å²) in [4.78, 5) is 45.8. The number of aliphatic hydroxyl groups is 1. The van der Waals surface area contributed by atoms with Crippen molar-refractivity contribution in [2.75, 3.05) is 19.8 Å². The molecule has 0 radical (unpaired) electrons. The molecular weight excluding hydrogens is 733 g/mol. The third-order valence-corrected chi connectivity index (χ3v) is 8.82. The van der Waals surface area contributed by atoms with Gasteiger partial charge in [-0.25, -0.2) is 9.36 Å². The van der Waals surface area contributed by atoms with Crippen LogP contribution in [0.3, 0.4) is 0 Å². The van der Waals surface area contributed by atoms with Gasteiger partial charge in [-0.1, -0.05) is 130 Å². The minimum atomic E-state index is -4.78. The van der Waals surface area contributed by atoms with Crippen molar-refractivity contribution < 1.29 is 47.8 Å². The molecule has 0 aliphatic carbocycles. The van der Waals surface area contributed by atoms with E-state index < -0.39 is 57.6 Å². The minimum absolute atomic E-state index is 0.116. The Morgan fingerprint density at radius 2 is 1.00 bits per heavy atom. The van der Waals surface area contributed by atoms with Crippen LogP contribution < -0.4 is 5.32 Å². The highest BCUT2D eigenvalue weighted by atomic mass is 31.2. The molecule has 12 heteroatoms. The summed E-state index contributed by atoms with van der Waals surface area (Å²) >= 11 is 0. The molecular formula is C44H70NO10P. The van der Waals surface area contributed by atoms with E-state index in [1.807, 2.05) is 12.2 Å². The number of rotatable bonds is 36. The van der Waals surface area contributed by atoms with Crippen LogP contribution in [0.4, 0.5) is 0 Å². The van der Waals surface area contributed by atoms with Gasteiger partial charge in [0.25, 0.3) is 0 Å². The summed E-state index contributed by atoms with van der Waals surface area (Å²) in [6.45, 7) is 2.26. The number of carbonyl (C=O) groups excluding carboxylic acids is 2. The van der Waals surface area contributed by atoms with Crippen molar-refractivity contribution in [1.29, 1.82) is 0 Å². The highest BCUT2D eigenvalue weighted by Crippen LogP contribution is 2.43. The van der Waals surface area contributed by atoms with Gasteiger partial charge >= 0.3 is 19.8 Å². The van der Waals surface area contributed by atoms with Crippen molar-refractivity contribution in [3.05, 3.63) is 97.2 Å². The number of carboxylic acid groups (broad SMARTS) is 1. The lowest BCUT2D eigenvalue weighted by Gasteiger charge is -2.18. The molecule has 11 nitrogen and oxygen atoms in total. The van der Waals surface area contributed by atoms with Crippen LogP contribution in [0, 0.1) is 0 Å². The van der Waals surface area contributed by atoms with Crippen molar-refractivity contribution in [3.63, 3.8) is 0 Å². The highest BCUT2D eigenvalue weighted by molar-refractivity contribution is 7.47. The molecule has 4 N–H and O–H groups in total. The predicted octanol–water partition coefficient (Wildman–Crippen LogP) is 10.1. The first kappa shape index (κ1) is 52.4. The summed E-state index contributed by atoms with van der Waals surface area (Å²) in [6, 6.07) is -1.57. The summed E-state index contributed by atoms with van der Waals surface area (Å²) in [5, 5.41) is 21.8. The Kier molecular flexibility index (Phi) is 35.8. The summed E-state index contributed by atoms with van der Waals surface area (Å²) in [5.41, 5.74) is 0. The molecule has 0 bridgehead atoms. The fourth-order valence-corrected chi connectivity index (χ4v) is 5.55. The zero-order valence-corrected chi connectivity index (χ0v) is 34.8. The number of carboxylic acids is 1. The number of hydrogen-bond donors (Lipinski definition) is 4. The van der Waals surface area contributed by atoms with E-state index in [2.05, 4.69) is 104 Å². The van der Waals surface area contributed by atoms with E-state index in [1.54, 1.807) is 0 Å². The number of allylic oxidation sites excluding steroid dienone is 16. The summed E-state index contributed by atoms with van der Waals surface area (Å²) in [6.07, 6.45) is 47.3. The Hall–Kier alpha value is -3.60. The fourth-order valence-electron chi connectivity index (χ4n) is 4.77. The molecule has 0 saturated carbocycles. The van der Waals surface area contributed by atoms with Crippen molar-refractivity contribution in [3.8, 4) is 0 Å². The summed E-state index contributed by atoms with van der Waals surface area (Å²) < 4.78 is 26.7. The van der Waals surface area contributed by atoms with Crippen LogP contribution in [-0.2, 0) is 32.7 Å². The number of amides is 1. The molecule has 0 rings (SSSR count). The molecule has 0 aliphatic heterocycles. The third-order valence-electron chi connectivity index (χ3n) is 7.87. The SMILES string of the molecule is CC/C=C\C/C=C\C/C=C\C/C=C\C/C=C\CCCC(=O)OCC(O)COP(=O)(O)OCC(NC(=O)CCCCCCC/C=C\C/C=C\C/C=C\CC)C(=O)O. The normalized spacial score (nSPS) is 14.8. The maximum absolute atomic E-state index is 12.3. The van der Waals surface area contributed by atoms with Crippen LogP contribution in [0.15, 0.2) is 97.2 Å². The minimum Gasteiger partial charge on any atom is -0.480 e. The van der Waals surface area contributed by atoms with E-state index in [4.69, 9.17) is 13.8 Å². The molecule has 316 valence electrons. The number of nitrogens with one attached hydrogen (secondary N) is 1. The standard InChI is InChI=1S/C44H70NO10P/c1-3-5-7-9-11-13-15-17-19-20-22-24-26-28-30-32-34-36-43(48)53-37-40(46)38-54-56(51,52)55-39-41(44(49)50)45-42(47)35-33-31-29-27-25-23-21-18-16-14-12-10-8-6-4-2/h5-8,11-14,17-19,21-22,24,28,30,40-41,46H,3-4,9-10,15-16,20,23,25-27,29,31-39H2,1-2H3,(H,45,47)(H,49,50)(H,51,52)/b7-5-,8-6-,13-11-,14-12-,19-17-,21-18-,24-22-,30-28-. The first-order valence-corrected chi connectivity index (χ1v) is 21.8. The zero-order chi connectivity index (χ0) is 41.4. The van der Waals surface area contributed by atoms with Gasteiger partial charge in [-0.15, -0.1) is 0 Å². The monoisotopic (exact) mass is 803 g/mol. The van der Waals surface area contributed by atoms with Crippen LogP contribution in [0.2, 0.25) is 0 Å². The Morgan fingerprint density at radius 1 is 0.571 bits per heavy atom. The van der Waals surface area contributed by atoms with Gasteiger partial charge in [0, 0.05) is 12.8 Å². The van der Waals surface area contributed by atoms with Gasteiger partial charge < -0.3 is 25.2 Å². The first-order chi connectivity index (χ1) is 27.1. The number of phosphoric ester groups is 1. The van der Waals surface area contributed by atoms with Crippen LogP contribution >= 0.6 is 7.82 Å². The maximum atomic E-state index is 12.3. The molecule has 56 heavy (non-hydrogen) atoms. The van der Waals surface area contributed by atoms with E-state index >= 15 is 0 Å². The number of esters is 1. The highest BCUT2D eigenvalue weighted by Gasteiger charge is 2.28. The molecule has 3 atom stereocenters. The lowest BCUT2D eigenvalue weighted by molar-refractivity contribution is -0.147. The number of hydrogen-bond acceptors (Lipinski definition) is 8. The summed E-state index contributed by atoms with van der Waals surface area (Å²) in [5.74, 6) is -2.48. The second kappa shape index (κ2) is 38.3. The van der Waals surface area contributed by atoms with E-state index in [0.29, 0.717) is 19.3 Å². The van der Waals surface area contributed by atoms with Crippen molar-refractivity contribution in [2.45, 2.75) is 142 Å². The van der Waals surface area contributed by atoms with Crippen molar-refractivity contribution >= 4 is 25.7 Å². The van der Waals surface area contributed by atoms with Gasteiger partial charge in [0.2, 0.25) is 5.91 Å². The smallest absolute Gasteiger partial charge is 0.472 e. The number of ether oxygens (including phenoxy) is 1. The fraction of sp³-hybridized carbons (Fsp3) is 0.568. The topological polar surface area (TPSA) is 169 Å². The molecule has 0 saturated heterocycles. The molecule has 0 fully saturated rings. The van der Waals surface area contributed by atoms with Gasteiger partial charge in [0.05, 0.1) is 13.2 Å². The Bertz CT molecular complexity index is 1310. The quantitative estimate of drug-likeness (QED) is 0.0207. The number of carbonyl (C=O) groups is 3. The first-order valence-electron chi connectivity index (χ1n) is 20.3. The molecule has 1 amide bonds. The molecule has 3 unspecified atom stereocenters. The molecule has 0 aromatic heterocycles. The Morgan fingerprint density at radius 3 is 1.50 bits per heavy atom. The van der Waals surface area contributed by atoms with Gasteiger partial charge in [-0.2, -0.15) is 0 Å². The maximum Gasteiger partial charge on any atom is 0.472 e. The third kappa shape index (κ3) is 37.3. The van der Waals surface area contributed by atoms with Crippen LogP contribution in [0.5, 0.6) is 0 Å². The lowest BCUT2D eigenvalue weighted by Crippen LogP contribution is -2.43. The average Bonchev–Trinajstić information content (AvgIpc) is 3.17. The van der Waals surface area contributed by atoms with Gasteiger partial charge in [0.15, 0.2) is 6.04 Å². The molecule has 0 spiro atoms. The lowest BCUT2D eigenvalue weighted by atomic mass is 10.1. The van der Waals surface area contributed by atoms with Crippen molar-refractivity contribution in [2.24, 2.45) is 0 Å². The van der Waals surface area contributed by atoms with Crippen LogP contribution in [-0.4, -0.2) is 64.9 Å². The molecule has 0 aliphatic rings. The van der Waals surface area contributed by atoms with Crippen LogP contribution in [0.25, 0.3) is 0 Å². The predicted molar refractivity (Wildman–Crippen MR) is 226 cm³/mol. The number of aliphatic hydroxyl groups excluding tert-OH is 1. The van der Waals surface area contributed by atoms with E-state index in [9.17, 15) is 34.1 Å². The molecule has 0 heterocycles. The molecule has 0 aromatic rings. The van der Waals surface area contributed by atoms with E-state index in [1.165, 1.54) is 0 Å². The number of phosphoric acid groups is 1. The summed E-state index contributed by atoms with van der Waals surface area (Å²) in [7, 11) is -4.78. The Balaban J connectivity index is 4.06. The Labute approximate surface area is 336 Å². The van der Waals surface area contributed by atoms with Gasteiger partial charge in [0.1, 0.15) is 12.7 Å². The second-order valence-electron chi connectivity index (χ2n) is 13.1. The van der Waals surface area contributed by atoms with Gasteiger partial charge in [-0.3, -0.25) is 18.6 Å². The van der Waals surface area contributed by atoms with Gasteiger partial charge in [-0.05, 0) is 83.5 Å². The number of unbranched alkanes of at least 4 members (excludes halogenated alkanes) is 6. The van der Waals surface area contributed by atoms with Crippen molar-refractivity contribution in [1.82, 2.24) is 5.32 Å². The van der Waals surface area contributed by atoms with E-state index in [-0.39, 0.29) is 12.8 Å². The van der Waals surface area contributed by atoms with E-state index in [0.717, 1.165) is 83.5 Å². The zero-order valence-electron chi connectivity index (χ0n) is 33.9. The molecule has 0 aromatic carbocycles. The van der Waals surface area contributed by atoms with Crippen LogP contribution in [0.1, 0.15) is 129 Å². The largest absolute Gasteiger partial charge is 0.480 e. The average molecular weight is 804 g/mol.